The standard InChI is InChI=1S/C32H33N5O5/c1-2-15-35(32(40)33-19-23-9-5-3-6-10-23)36-22-29(38)37-28(36)21-34(31(39)30(37)25-11-7-4-8-12-25)20-24-13-14-26-27(18-24)42-17-16-41-26/h2-14,18,28,30H,1,15-17,19-22H2,(H,33,40)/t28-,30+/m1/s1. The van der Waals surface area contributed by atoms with Gasteiger partial charge < -0.3 is 24.6 Å². The van der Waals surface area contributed by atoms with Crippen LogP contribution in [0, 0.1) is 0 Å². The first-order valence-corrected chi connectivity index (χ1v) is 14.0. The molecule has 1 N–H and O–H groups in total. The van der Waals surface area contributed by atoms with Crippen LogP contribution < -0.4 is 14.8 Å². The van der Waals surface area contributed by atoms with E-state index in [1.807, 2.05) is 78.9 Å². The number of fused-ring (bicyclic) bond motifs is 2. The molecule has 216 valence electrons. The van der Waals surface area contributed by atoms with E-state index in [0.717, 1.165) is 16.7 Å². The molecule has 3 aliphatic heterocycles. The van der Waals surface area contributed by atoms with E-state index in [4.69, 9.17) is 9.47 Å². The van der Waals surface area contributed by atoms with Crippen molar-refractivity contribution in [3.05, 3.63) is 108 Å². The number of nitrogens with zero attached hydrogens (tertiary/aromatic N) is 4. The highest BCUT2D eigenvalue weighted by Gasteiger charge is 2.52. The SMILES string of the molecule is C=CCN(C(=O)NCc1ccccc1)N1CC(=O)N2[C@@H](c3ccccc3)C(=O)N(Cc3ccc4c(c3)OCCO4)C[C@@H]21. The zero-order chi connectivity index (χ0) is 29.1. The molecule has 3 aromatic rings. The second-order valence-electron chi connectivity index (χ2n) is 10.4. The van der Waals surface area contributed by atoms with Crippen LogP contribution in [0.4, 0.5) is 4.79 Å². The predicted octanol–water partition coefficient (Wildman–Crippen LogP) is 3.32. The largest absolute Gasteiger partial charge is 0.486 e. The van der Waals surface area contributed by atoms with Crippen LogP contribution in [0.5, 0.6) is 11.5 Å². The van der Waals surface area contributed by atoms with Crippen molar-refractivity contribution in [3.63, 3.8) is 0 Å². The number of hydrazine groups is 1. The van der Waals surface area contributed by atoms with Crippen LogP contribution >= 0.6 is 0 Å². The molecule has 0 unspecified atom stereocenters. The number of hydrogen-bond acceptors (Lipinski definition) is 6. The highest BCUT2D eigenvalue weighted by molar-refractivity contribution is 5.92. The lowest BCUT2D eigenvalue weighted by molar-refractivity contribution is -0.158. The predicted molar refractivity (Wildman–Crippen MR) is 155 cm³/mol. The van der Waals surface area contributed by atoms with Gasteiger partial charge >= 0.3 is 6.03 Å². The molecule has 3 heterocycles. The van der Waals surface area contributed by atoms with E-state index in [0.29, 0.717) is 37.8 Å². The van der Waals surface area contributed by atoms with E-state index in [2.05, 4.69) is 11.9 Å². The summed E-state index contributed by atoms with van der Waals surface area (Å²) in [5, 5.41) is 6.23. The van der Waals surface area contributed by atoms with Gasteiger partial charge in [0.25, 0.3) is 5.91 Å². The molecule has 0 bridgehead atoms. The van der Waals surface area contributed by atoms with Crippen LogP contribution in [0.15, 0.2) is 91.5 Å². The Hall–Kier alpha value is -4.83. The zero-order valence-electron chi connectivity index (χ0n) is 23.2. The van der Waals surface area contributed by atoms with Crippen molar-refractivity contribution in [3.8, 4) is 11.5 Å². The fourth-order valence-corrected chi connectivity index (χ4v) is 5.74. The van der Waals surface area contributed by atoms with Crippen LogP contribution in [0.2, 0.25) is 0 Å². The van der Waals surface area contributed by atoms with E-state index in [9.17, 15) is 14.4 Å². The number of hydrogen-bond donors (Lipinski definition) is 1. The third kappa shape index (κ3) is 5.40. The monoisotopic (exact) mass is 567 g/mol. The number of piperazine rings is 1. The van der Waals surface area contributed by atoms with Crippen LogP contribution in [-0.2, 0) is 22.7 Å². The fourth-order valence-electron chi connectivity index (χ4n) is 5.74. The lowest BCUT2D eigenvalue weighted by Gasteiger charge is -2.46. The first-order chi connectivity index (χ1) is 20.5. The molecule has 10 heteroatoms. The second kappa shape index (κ2) is 12.0. The van der Waals surface area contributed by atoms with Crippen molar-refractivity contribution in [1.29, 1.82) is 0 Å². The average molecular weight is 568 g/mol. The highest BCUT2D eigenvalue weighted by atomic mass is 16.6. The quantitative estimate of drug-likeness (QED) is 0.420. The number of ether oxygens (including phenoxy) is 2. The Morgan fingerprint density at radius 1 is 0.952 bits per heavy atom. The molecule has 3 aromatic carbocycles. The van der Waals surface area contributed by atoms with Gasteiger partial charge in [-0.15, -0.1) is 6.58 Å². The van der Waals surface area contributed by atoms with Gasteiger partial charge in [0.2, 0.25) is 5.91 Å². The Labute approximate surface area is 244 Å². The summed E-state index contributed by atoms with van der Waals surface area (Å²) in [5.74, 6) is 0.934. The van der Waals surface area contributed by atoms with Crippen molar-refractivity contribution in [2.45, 2.75) is 25.3 Å². The van der Waals surface area contributed by atoms with Crippen molar-refractivity contribution in [1.82, 2.24) is 25.1 Å². The fraction of sp³-hybridized carbons (Fsp3) is 0.281. The summed E-state index contributed by atoms with van der Waals surface area (Å²) in [6.07, 6.45) is 1.07. The van der Waals surface area contributed by atoms with E-state index in [1.54, 1.807) is 20.9 Å². The van der Waals surface area contributed by atoms with E-state index in [-0.39, 0.29) is 37.5 Å². The minimum atomic E-state index is -0.822. The van der Waals surface area contributed by atoms with Gasteiger partial charge in [-0.2, -0.15) is 5.01 Å². The smallest absolute Gasteiger partial charge is 0.332 e. The van der Waals surface area contributed by atoms with Gasteiger partial charge in [-0.3, -0.25) is 14.6 Å². The number of carbonyl (C=O) groups is 3. The second-order valence-corrected chi connectivity index (χ2v) is 10.4. The van der Waals surface area contributed by atoms with Crippen LogP contribution in [0.3, 0.4) is 0 Å². The Morgan fingerprint density at radius 3 is 2.40 bits per heavy atom. The number of carbonyl (C=O) groups excluding carboxylic acids is 3. The minimum Gasteiger partial charge on any atom is -0.486 e. The van der Waals surface area contributed by atoms with Gasteiger partial charge in [0.15, 0.2) is 11.5 Å². The molecule has 3 aliphatic rings. The summed E-state index contributed by atoms with van der Waals surface area (Å²) in [5.41, 5.74) is 2.56. The van der Waals surface area contributed by atoms with E-state index >= 15 is 0 Å². The average Bonchev–Trinajstić information content (AvgIpc) is 3.34. The number of urea groups is 1. The topological polar surface area (TPSA) is 94.7 Å². The molecular formula is C32H33N5O5. The lowest BCUT2D eigenvalue weighted by atomic mass is 10.00. The molecule has 2 fully saturated rings. The highest BCUT2D eigenvalue weighted by Crippen LogP contribution is 2.37. The maximum atomic E-state index is 14.1. The molecule has 42 heavy (non-hydrogen) atoms. The number of amides is 4. The Balaban J connectivity index is 1.30. The normalized spacial score (nSPS) is 19.8. The summed E-state index contributed by atoms with van der Waals surface area (Å²) in [6.45, 7) is 5.84. The summed E-state index contributed by atoms with van der Waals surface area (Å²) < 4.78 is 11.4. The molecule has 0 aromatic heterocycles. The van der Waals surface area contributed by atoms with Gasteiger partial charge in [-0.05, 0) is 28.8 Å². The van der Waals surface area contributed by atoms with Gasteiger partial charge in [0.1, 0.15) is 25.4 Å². The first-order valence-electron chi connectivity index (χ1n) is 14.0. The first kappa shape index (κ1) is 27.3. The minimum absolute atomic E-state index is 0.0360. The van der Waals surface area contributed by atoms with Crippen molar-refractivity contribution in [2.24, 2.45) is 0 Å². The van der Waals surface area contributed by atoms with Gasteiger partial charge in [0, 0.05) is 13.1 Å². The Kier molecular flexibility index (Phi) is 7.78. The molecular weight excluding hydrogens is 534 g/mol. The molecule has 4 amide bonds. The molecule has 0 aliphatic carbocycles. The van der Waals surface area contributed by atoms with Gasteiger partial charge in [-0.1, -0.05) is 72.8 Å². The number of rotatable bonds is 8. The third-order valence-electron chi connectivity index (χ3n) is 7.69. The molecule has 0 radical (unpaired) electrons. The summed E-state index contributed by atoms with van der Waals surface area (Å²) in [4.78, 5) is 44.5. The summed E-state index contributed by atoms with van der Waals surface area (Å²) >= 11 is 0. The summed E-state index contributed by atoms with van der Waals surface area (Å²) in [7, 11) is 0. The van der Waals surface area contributed by atoms with Gasteiger partial charge in [-0.25, -0.2) is 4.79 Å². The molecule has 2 atom stereocenters. The van der Waals surface area contributed by atoms with Crippen LogP contribution in [-0.4, -0.2) is 76.7 Å². The molecule has 2 saturated heterocycles. The molecule has 0 saturated carbocycles. The molecule has 10 nitrogen and oxygen atoms in total. The van der Waals surface area contributed by atoms with Crippen LogP contribution in [0.25, 0.3) is 0 Å². The van der Waals surface area contributed by atoms with Crippen molar-refractivity contribution < 1.29 is 23.9 Å². The number of nitrogens with one attached hydrogen (secondary N) is 1. The van der Waals surface area contributed by atoms with Gasteiger partial charge in [0.05, 0.1) is 19.6 Å². The Morgan fingerprint density at radius 2 is 1.67 bits per heavy atom. The lowest BCUT2D eigenvalue weighted by Crippen LogP contribution is -2.62. The van der Waals surface area contributed by atoms with E-state index in [1.165, 1.54) is 5.01 Å². The zero-order valence-corrected chi connectivity index (χ0v) is 23.2. The maximum absolute atomic E-state index is 14.1. The van der Waals surface area contributed by atoms with Crippen molar-refractivity contribution in [2.75, 3.05) is 32.8 Å². The summed E-state index contributed by atoms with van der Waals surface area (Å²) in [6, 6.07) is 23.4. The van der Waals surface area contributed by atoms with Crippen molar-refractivity contribution >= 4 is 17.8 Å². The third-order valence-corrected chi connectivity index (χ3v) is 7.69. The molecule has 0 spiro atoms. The van der Waals surface area contributed by atoms with Crippen LogP contribution in [0.1, 0.15) is 22.7 Å². The number of benzene rings is 3. The molecule has 6 rings (SSSR count). The maximum Gasteiger partial charge on any atom is 0.332 e. The van der Waals surface area contributed by atoms with E-state index < -0.39 is 12.2 Å². The Bertz CT molecular complexity index is 1470.